The average molecular weight is 299 g/mol. The van der Waals surface area contributed by atoms with Crippen LogP contribution in [0.3, 0.4) is 0 Å². The van der Waals surface area contributed by atoms with Gasteiger partial charge in [-0.25, -0.2) is 0 Å². The first-order valence-electron chi connectivity index (χ1n) is 6.77. The Bertz CT molecular complexity index is 702. The number of hydrogen-bond donors (Lipinski definition) is 2. The molecule has 2 aromatic heterocycles. The topological polar surface area (TPSA) is 63.9 Å². The molecule has 1 aromatic carbocycles. The van der Waals surface area contributed by atoms with Crippen molar-refractivity contribution in [1.82, 2.24) is 10.2 Å². The first kappa shape index (κ1) is 13.7. The molecule has 0 saturated heterocycles. The Morgan fingerprint density at radius 1 is 1.19 bits per heavy atom. The molecule has 0 radical (unpaired) electrons. The first-order valence-corrected chi connectivity index (χ1v) is 7.65. The largest absolute Gasteiger partial charge is 0.497 e. The zero-order chi connectivity index (χ0) is 14.7. The molecule has 0 spiro atoms. The number of thiophene rings is 1. The summed E-state index contributed by atoms with van der Waals surface area (Å²) in [7, 11) is 1.68. The van der Waals surface area contributed by atoms with Crippen LogP contribution in [0.25, 0.3) is 10.4 Å². The lowest BCUT2D eigenvalue weighted by Gasteiger charge is -2.04. The van der Waals surface area contributed by atoms with Crippen LogP contribution < -0.4 is 10.5 Å². The zero-order valence-electron chi connectivity index (χ0n) is 11.8. The van der Waals surface area contributed by atoms with Crippen molar-refractivity contribution in [3.05, 3.63) is 53.0 Å². The number of hydrogen-bond acceptors (Lipinski definition) is 4. The molecule has 0 aliphatic heterocycles. The van der Waals surface area contributed by atoms with Crippen LogP contribution in [0, 0.1) is 0 Å². The molecule has 21 heavy (non-hydrogen) atoms. The normalized spacial score (nSPS) is 10.7. The van der Waals surface area contributed by atoms with Crippen LogP contribution in [0.15, 0.2) is 41.8 Å². The Balaban J connectivity index is 1.76. The third-order valence-electron chi connectivity index (χ3n) is 3.46. The molecule has 0 bridgehead atoms. The summed E-state index contributed by atoms with van der Waals surface area (Å²) in [5, 5.41) is 9.26. The van der Waals surface area contributed by atoms with Crippen LogP contribution in [-0.2, 0) is 12.8 Å². The van der Waals surface area contributed by atoms with Crippen LogP contribution in [-0.4, -0.2) is 17.3 Å². The van der Waals surface area contributed by atoms with Gasteiger partial charge in [-0.1, -0.05) is 18.2 Å². The second-order valence-corrected chi connectivity index (χ2v) is 5.74. The van der Waals surface area contributed by atoms with Gasteiger partial charge in [0, 0.05) is 10.6 Å². The number of methoxy groups -OCH3 is 1. The van der Waals surface area contributed by atoms with E-state index in [2.05, 4.69) is 33.8 Å². The molecule has 5 heteroatoms. The predicted octanol–water partition coefficient (Wildman–Crippen LogP) is 3.51. The zero-order valence-corrected chi connectivity index (χ0v) is 12.6. The number of anilines is 1. The predicted molar refractivity (Wildman–Crippen MR) is 86.7 cm³/mol. The van der Waals surface area contributed by atoms with E-state index in [1.54, 1.807) is 18.4 Å². The van der Waals surface area contributed by atoms with Gasteiger partial charge in [-0.3, -0.25) is 5.10 Å². The van der Waals surface area contributed by atoms with Gasteiger partial charge in [0.15, 0.2) is 5.82 Å². The fraction of sp³-hybridized carbons (Fsp3) is 0.188. The van der Waals surface area contributed by atoms with E-state index in [1.165, 1.54) is 5.56 Å². The highest BCUT2D eigenvalue weighted by molar-refractivity contribution is 7.13. The summed E-state index contributed by atoms with van der Waals surface area (Å²) in [4.78, 5) is 1.16. The maximum absolute atomic E-state index is 5.99. The fourth-order valence-electron chi connectivity index (χ4n) is 2.33. The number of rotatable bonds is 5. The number of nitrogens with one attached hydrogen (secondary N) is 1. The Hall–Kier alpha value is -2.27. The Kier molecular flexibility index (Phi) is 3.92. The molecule has 0 aliphatic carbocycles. The number of nitrogens with zero attached hydrogens (tertiary/aromatic N) is 1. The van der Waals surface area contributed by atoms with E-state index >= 15 is 0 Å². The van der Waals surface area contributed by atoms with Crippen molar-refractivity contribution < 1.29 is 4.74 Å². The maximum atomic E-state index is 5.99. The SMILES string of the molecule is COc1ccc(CCc2[nH]nc(N)c2-c2cccs2)cc1. The summed E-state index contributed by atoms with van der Waals surface area (Å²) in [5.41, 5.74) is 9.38. The standard InChI is InChI=1S/C16H17N3OS/c1-20-12-7-4-11(5-8-12)6-9-13-15(16(17)19-18-13)14-3-2-10-21-14/h2-5,7-8,10H,6,9H2,1H3,(H3,17,18,19). The van der Waals surface area contributed by atoms with Crippen LogP contribution >= 0.6 is 11.3 Å². The number of ether oxygens (including phenoxy) is 1. The van der Waals surface area contributed by atoms with Crippen molar-refractivity contribution in [3.8, 4) is 16.2 Å². The van der Waals surface area contributed by atoms with Crippen molar-refractivity contribution in [2.75, 3.05) is 12.8 Å². The number of nitrogen functional groups attached to an aromatic ring is 1. The highest BCUT2D eigenvalue weighted by atomic mass is 32.1. The smallest absolute Gasteiger partial charge is 0.154 e. The van der Waals surface area contributed by atoms with E-state index in [0.29, 0.717) is 5.82 Å². The Morgan fingerprint density at radius 3 is 2.67 bits per heavy atom. The third-order valence-corrected chi connectivity index (χ3v) is 4.35. The van der Waals surface area contributed by atoms with E-state index in [0.717, 1.165) is 34.7 Å². The van der Waals surface area contributed by atoms with Crippen LogP contribution in [0.2, 0.25) is 0 Å². The highest BCUT2D eigenvalue weighted by Gasteiger charge is 2.13. The summed E-state index contributed by atoms with van der Waals surface area (Å²) in [5.74, 6) is 1.45. The Labute approximate surface area is 127 Å². The van der Waals surface area contributed by atoms with Crippen molar-refractivity contribution in [2.24, 2.45) is 0 Å². The minimum Gasteiger partial charge on any atom is -0.497 e. The van der Waals surface area contributed by atoms with Crippen LogP contribution in [0.1, 0.15) is 11.3 Å². The lowest BCUT2D eigenvalue weighted by atomic mass is 10.0. The molecule has 4 nitrogen and oxygen atoms in total. The fourth-order valence-corrected chi connectivity index (χ4v) is 3.14. The first-order chi connectivity index (χ1) is 10.3. The van der Waals surface area contributed by atoms with Gasteiger partial charge in [-0.15, -0.1) is 11.3 Å². The number of nitrogens with two attached hydrogens (primary N) is 1. The highest BCUT2D eigenvalue weighted by Crippen LogP contribution is 2.32. The molecule has 3 rings (SSSR count). The van der Waals surface area contributed by atoms with Gasteiger partial charge in [-0.2, -0.15) is 5.10 Å². The lowest BCUT2D eigenvalue weighted by molar-refractivity contribution is 0.414. The van der Waals surface area contributed by atoms with E-state index in [1.807, 2.05) is 18.2 Å². The number of benzene rings is 1. The molecule has 0 fully saturated rings. The number of aromatic amines is 1. The van der Waals surface area contributed by atoms with Crippen molar-refractivity contribution in [2.45, 2.75) is 12.8 Å². The summed E-state index contributed by atoms with van der Waals surface area (Å²) < 4.78 is 5.17. The molecule has 0 atom stereocenters. The maximum Gasteiger partial charge on any atom is 0.154 e. The van der Waals surface area contributed by atoms with Crippen molar-refractivity contribution in [3.63, 3.8) is 0 Å². The van der Waals surface area contributed by atoms with E-state index in [4.69, 9.17) is 10.5 Å². The number of H-pyrrole nitrogens is 1. The monoisotopic (exact) mass is 299 g/mol. The number of aromatic nitrogens is 2. The quantitative estimate of drug-likeness (QED) is 0.757. The van der Waals surface area contributed by atoms with Crippen LogP contribution in [0.5, 0.6) is 5.75 Å². The molecule has 0 aliphatic rings. The molecule has 3 aromatic rings. The summed E-state index contributed by atoms with van der Waals surface area (Å²) in [6.45, 7) is 0. The van der Waals surface area contributed by atoms with E-state index in [9.17, 15) is 0 Å². The average Bonchev–Trinajstić information content (AvgIpc) is 3.15. The van der Waals surface area contributed by atoms with Gasteiger partial charge >= 0.3 is 0 Å². The summed E-state index contributed by atoms with van der Waals surface area (Å²) in [6, 6.07) is 12.2. The minimum absolute atomic E-state index is 0.571. The molecule has 2 heterocycles. The Morgan fingerprint density at radius 2 is 2.00 bits per heavy atom. The van der Waals surface area contributed by atoms with Gasteiger partial charge < -0.3 is 10.5 Å². The van der Waals surface area contributed by atoms with Gasteiger partial charge in [0.25, 0.3) is 0 Å². The summed E-state index contributed by atoms with van der Waals surface area (Å²) >= 11 is 1.68. The lowest BCUT2D eigenvalue weighted by Crippen LogP contribution is -1.94. The molecule has 0 amide bonds. The summed E-state index contributed by atoms with van der Waals surface area (Å²) in [6.07, 6.45) is 1.81. The molecular weight excluding hydrogens is 282 g/mol. The third kappa shape index (κ3) is 2.92. The molecular formula is C16H17N3OS. The van der Waals surface area contributed by atoms with Crippen LogP contribution in [0.4, 0.5) is 5.82 Å². The van der Waals surface area contributed by atoms with Gasteiger partial charge in [0.05, 0.1) is 12.7 Å². The molecule has 0 unspecified atom stereocenters. The molecule has 3 N–H and O–H groups in total. The number of aryl methyl sites for hydroxylation is 2. The second kappa shape index (κ2) is 6.01. The minimum atomic E-state index is 0.571. The van der Waals surface area contributed by atoms with Crippen molar-refractivity contribution in [1.29, 1.82) is 0 Å². The van der Waals surface area contributed by atoms with E-state index < -0.39 is 0 Å². The molecule has 108 valence electrons. The van der Waals surface area contributed by atoms with Gasteiger partial charge in [0.2, 0.25) is 0 Å². The van der Waals surface area contributed by atoms with Gasteiger partial charge in [-0.05, 0) is 42.0 Å². The second-order valence-electron chi connectivity index (χ2n) is 4.79. The van der Waals surface area contributed by atoms with E-state index in [-0.39, 0.29) is 0 Å². The van der Waals surface area contributed by atoms with Crippen molar-refractivity contribution >= 4 is 17.2 Å². The van der Waals surface area contributed by atoms with Gasteiger partial charge in [0.1, 0.15) is 5.75 Å². The molecule has 0 saturated carbocycles.